The lowest BCUT2D eigenvalue weighted by Crippen LogP contribution is -2.25. The third-order valence-corrected chi connectivity index (χ3v) is 4.70. The maximum absolute atomic E-state index is 13.2. The summed E-state index contributed by atoms with van der Waals surface area (Å²) >= 11 is 0. The van der Waals surface area contributed by atoms with Gasteiger partial charge in [-0.05, 0) is 36.8 Å². The molecule has 1 amide bonds. The van der Waals surface area contributed by atoms with Crippen molar-refractivity contribution in [2.45, 2.75) is 6.92 Å². The number of Topliss-reactive ketones (excluding diaryl/α,β-unsaturated/α-hetero) is 1. The summed E-state index contributed by atoms with van der Waals surface area (Å²) in [4.78, 5) is 30.0. The number of methoxy groups -OCH3 is 1. The van der Waals surface area contributed by atoms with Crippen LogP contribution in [-0.4, -0.2) is 28.2 Å². The molecule has 0 saturated carbocycles. The van der Waals surface area contributed by atoms with Gasteiger partial charge in [0, 0.05) is 22.8 Å². The van der Waals surface area contributed by atoms with Crippen LogP contribution in [0.5, 0.6) is 5.88 Å². The molecule has 1 aromatic carbocycles. The number of amides is 1. The van der Waals surface area contributed by atoms with Crippen molar-refractivity contribution in [3.05, 3.63) is 84.3 Å². The Bertz CT molecular complexity index is 1200. The minimum atomic E-state index is -0.725. The van der Waals surface area contributed by atoms with E-state index >= 15 is 0 Å². The van der Waals surface area contributed by atoms with Gasteiger partial charge < -0.3 is 14.5 Å². The molecule has 4 rings (SSSR count). The fourth-order valence-corrected chi connectivity index (χ4v) is 3.33. The summed E-state index contributed by atoms with van der Waals surface area (Å²) in [5.74, 6) is -0.916. The van der Waals surface area contributed by atoms with E-state index in [0.29, 0.717) is 22.8 Å². The second kappa shape index (κ2) is 7.59. The predicted octanol–water partition coefficient (Wildman–Crippen LogP) is 4.14. The summed E-state index contributed by atoms with van der Waals surface area (Å²) in [5, 5.41) is 2.62. The van der Waals surface area contributed by atoms with Gasteiger partial charge in [0.05, 0.1) is 19.0 Å². The van der Waals surface area contributed by atoms with Crippen molar-refractivity contribution >= 4 is 22.9 Å². The van der Waals surface area contributed by atoms with Crippen molar-refractivity contribution in [3.8, 4) is 17.0 Å². The van der Waals surface area contributed by atoms with Crippen molar-refractivity contribution in [1.82, 2.24) is 9.38 Å². The van der Waals surface area contributed by atoms with Crippen LogP contribution in [0.3, 0.4) is 0 Å². The van der Waals surface area contributed by atoms with E-state index in [0.717, 1.165) is 16.8 Å². The molecule has 0 bridgehead atoms. The number of aromatic nitrogens is 2. The zero-order chi connectivity index (χ0) is 20.4. The first-order valence-corrected chi connectivity index (χ1v) is 9.10. The second-order valence-electron chi connectivity index (χ2n) is 6.57. The number of anilines is 1. The summed E-state index contributed by atoms with van der Waals surface area (Å²) in [6.45, 7) is 1.91. The number of carbonyl (C=O) groups excluding carboxylic acids is 2. The number of rotatable bonds is 5. The van der Waals surface area contributed by atoms with E-state index < -0.39 is 11.7 Å². The SMILES string of the molecule is COc1ccc(NC(=O)C(=O)c2c(-c3ccccc3)cc3cccc(C)n23)cn1. The van der Waals surface area contributed by atoms with Crippen LogP contribution in [0, 0.1) is 6.92 Å². The van der Waals surface area contributed by atoms with E-state index in [-0.39, 0.29) is 0 Å². The van der Waals surface area contributed by atoms with Gasteiger partial charge in [-0.3, -0.25) is 9.59 Å². The Labute approximate surface area is 167 Å². The number of hydrogen-bond donors (Lipinski definition) is 1. The second-order valence-corrected chi connectivity index (χ2v) is 6.57. The average molecular weight is 385 g/mol. The molecule has 3 heterocycles. The molecule has 1 N–H and O–H groups in total. The normalized spacial score (nSPS) is 10.7. The van der Waals surface area contributed by atoms with E-state index in [2.05, 4.69) is 10.3 Å². The van der Waals surface area contributed by atoms with Gasteiger partial charge in [-0.1, -0.05) is 36.4 Å². The standard InChI is InChI=1S/C23H19N3O3/c1-15-7-6-10-18-13-19(16-8-4-3-5-9-16)21(26(15)18)22(27)23(28)25-17-11-12-20(29-2)24-14-17/h3-14H,1-2H3,(H,25,28). The van der Waals surface area contributed by atoms with Crippen LogP contribution in [0.25, 0.3) is 16.6 Å². The number of hydrogen-bond acceptors (Lipinski definition) is 4. The van der Waals surface area contributed by atoms with Gasteiger partial charge in [-0.2, -0.15) is 0 Å². The molecule has 6 nitrogen and oxygen atoms in total. The molecule has 0 radical (unpaired) electrons. The molecule has 6 heteroatoms. The Hall–Kier alpha value is -3.93. The van der Waals surface area contributed by atoms with Crippen LogP contribution in [-0.2, 0) is 4.79 Å². The monoisotopic (exact) mass is 385 g/mol. The maximum atomic E-state index is 13.2. The molecule has 0 atom stereocenters. The lowest BCUT2D eigenvalue weighted by atomic mass is 10.0. The Morgan fingerprint density at radius 3 is 2.48 bits per heavy atom. The molecule has 144 valence electrons. The molecule has 0 spiro atoms. The Kier molecular flexibility index (Phi) is 4.83. The Balaban J connectivity index is 1.77. The van der Waals surface area contributed by atoms with Gasteiger partial charge >= 0.3 is 0 Å². The molecular formula is C23H19N3O3. The Morgan fingerprint density at radius 2 is 1.79 bits per heavy atom. The lowest BCUT2D eigenvalue weighted by molar-refractivity contribution is -0.112. The predicted molar refractivity (Wildman–Crippen MR) is 111 cm³/mol. The zero-order valence-electron chi connectivity index (χ0n) is 16.0. The van der Waals surface area contributed by atoms with Crippen LogP contribution < -0.4 is 10.1 Å². The van der Waals surface area contributed by atoms with Crippen molar-refractivity contribution in [2.75, 3.05) is 12.4 Å². The van der Waals surface area contributed by atoms with Gasteiger partial charge in [0.1, 0.15) is 5.69 Å². The molecule has 0 aliphatic rings. The van der Waals surface area contributed by atoms with Crippen LogP contribution in [0.15, 0.2) is 72.9 Å². The molecule has 29 heavy (non-hydrogen) atoms. The highest BCUT2D eigenvalue weighted by Crippen LogP contribution is 2.29. The minimum Gasteiger partial charge on any atom is -0.481 e. The first-order valence-electron chi connectivity index (χ1n) is 9.10. The summed E-state index contributed by atoms with van der Waals surface area (Å²) in [5.41, 5.74) is 4.06. The molecule has 0 aliphatic carbocycles. The van der Waals surface area contributed by atoms with Crippen molar-refractivity contribution in [1.29, 1.82) is 0 Å². The highest BCUT2D eigenvalue weighted by molar-refractivity contribution is 6.47. The summed E-state index contributed by atoms with van der Waals surface area (Å²) < 4.78 is 6.83. The highest BCUT2D eigenvalue weighted by Gasteiger charge is 2.25. The van der Waals surface area contributed by atoms with Crippen LogP contribution in [0.4, 0.5) is 5.69 Å². The molecule has 0 aliphatic heterocycles. The maximum Gasteiger partial charge on any atom is 0.298 e. The van der Waals surface area contributed by atoms with Gasteiger partial charge in [0.15, 0.2) is 0 Å². The fraction of sp³-hybridized carbons (Fsp3) is 0.0870. The molecule has 0 fully saturated rings. The molecule has 0 unspecified atom stereocenters. The Morgan fingerprint density at radius 1 is 1.00 bits per heavy atom. The third-order valence-electron chi connectivity index (χ3n) is 4.70. The van der Waals surface area contributed by atoms with Crippen molar-refractivity contribution in [2.24, 2.45) is 0 Å². The molecular weight excluding hydrogens is 366 g/mol. The quantitative estimate of drug-likeness (QED) is 0.414. The van der Waals surface area contributed by atoms with Crippen LogP contribution in [0.2, 0.25) is 0 Å². The van der Waals surface area contributed by atoms with Gasteiger partial charge in [0.2, 0.25) is 5.88 Å². The molecule has 4 aromatic rings. The van der Waals surface area contributed by atoms with E-state index in [1.165, 1.54) is 13.3 Å². The minimum absolute atomic E-state index is 0.336. The van der Waals surface area contributed by atoms with Gasteiger partial charge in [0.25, 0.3) is 11.7 Å². The van der Waals surface area contributed by atoms with E-state index in [9.17, 15) is 9.59 Å². The number of carbonyl (C=O) groups is 2. The largest absolute Gasteiger partial charge is 0.481 e. The van der Waals surface area contributed by atoms with E-state index in [4.69, 9.17) is 4.74 Å². The lowest BCUT2D eigenvalue weighted by Gasteiger charge is -2.09. The number of aryl methyl sites for hydroxylation is 1. The third kappa shape index (κ3) is 3.48. The number of benzene rings is 1. The van der Waals surface area contributed by atoms with Crippen molar-refractivity contribution < 1.29 is 14.3 Å². The van der Waals surface area contributed by atoms with Gasteiger partial charge in [-0.25, -0.2) is 4.98 Å². The van der Waals surface area contributed by atoms with Crippen LogP contribution in [0.1, 0.15) is 16.2 Å². The van der Waals surface area contributed by atoms with E-state index in [1.807, 2.05) is 65.9 Å². The summed E-state index contributed by atoms with van der Waals surface area (Å²) in [6.07, 6.45) is 1.45. The van der Waals surface area contributed by atoms with E-state index in [1.54, 1.807) is 12.1 Å². The highest BCUT2D eigenvalue weighted by atomic mass is 16.5. The summed E-state index contributed by atoms with van der Waals surface area (Å²) in [7, 11) is 1.51. The van der Waals surface area contributed by atoms with Crippen molar-refractivity contribution in [3.63, 3.8) is 0 Å². The first kappa shape index (κ1) is 18.4. The van der Waals surface area contributed by atoms with Crippen LogP contribution >= 0.6 is 0 Å². The summed E-state index contributed by atoms with van der Waals surface area (Å²) in [6, 6.07) is 20.5. The smallest absolute Gasteiger partial charge is 0.298 e. The average Bonchev–Trinajstić information content (AvgIpc) is 3.15. The van der Waals surface area contributed by atoms with Gasteiger partial charge in [-0.15, -0.1) is 0 Å². The number of nitrogens with zero attached hydrogens (tertiary/aromatic N) is 2. The molecule has 3 aromatic heterocycles. The first-order chi connectivity index (χ1) is 14.1. The molecule has 0 saturated heterocycles. The number of nitrogens with one attached hydrogen (secondary N) is 1. The number of ketones is 1. The number of pyridine rings is 2. The topological polar surface area (TPSA) is 72.7 Å². The number of fused-ring (bicyclic) bond motifs is 1. The zero-order valence-corrected chi connectivity index (χ0v) is 16.0. The fourth-order valence-electron chi connectivity index (χ4n) is 3.33. The number of ether oxygens (including phenoxy) is 1.